The molecule has 0 aliphatic heterocycles. The zero-order valence-electron chi connectivity index (χ0n) is 17.3. The molecule has 1 aliphatic rings. The fraction of sp³-hybridized carbons (Fsp3) is 0.476. The van der Waals surface area contributed by atoms with E-state index in [1.54, 1.807) is 21.6 Å². The average Bonchev–Trinajstić information content (AvgIpc) is 3.34. The second kappa shape index (κ2) is 8.25. The third-order valence-corrected chi connectivity index (χ3v) is 5.83. The summed E-state index contributed by atoms with van der Waals surface area (Å²) in [5.41, 5.74) is 9.78. The van der Waals surface area contributed by atoms with Crippen molar-refractivity contribution in [3.63, 3.8) is 0 Å². The zero-order chi connectivity index (χ0) is 21.3. The van der Waals surface area contributed by atoms with Gasteiger partial charge < -0.3 is 11.1 Å². The summed E-state index contributed by atoms with van der Waals surface area (Å²) in [6.45, 7) is 1.95. The van der Waals surface area contributed by atoms with Crippen LogP contribution >= 0.6 is 0 Å². The molecule has 3 N–H and O–H groups in total. The summed E-state index contributed by atoms with van der Waals surface area (Å²) < 4.78 is 3.40. The third-order valence-electron chi connectivity index (χ3n) is 5.83. The Labute approximate surface area is 174 Å². The van der Waals surface area contributed by atoms with Gasteiger partial charge in [0.1, 0.15) is 11.6 Å². The number of nitrogens with zero attached hydrogens (tertiary/aromatic N) is 5. The van der Waals surface area contributed by atoms with Gasteiger partial charge in [-0.05, 0) is 32.6 Å². The Morgan fingerprint density at radius 2 is 1.97 bits per heavy atom. The van der Waals surface area contributed by atoms with Crippen LogP contribution in [0, 0.1) is 5.92 Å². The molecule has 158 valence electrons. The summed E-state index contributed by atoms with van der Waals surface area (Å²) >= 11 is 0. The number of carbonyl (C=O) groups is 2. The van der Waals surface area contributed by atoms with Crippen molar-refractivity contribution in [2.45, 2.75) is 44.9 Å². The molecule has 0 aromatic carbocycles. The molecule has 9 nitrogen and oxygen atoms in total. The van der Waals surface area contributed by atoms with Crippen molar-refractivity contribution in [1.82, 2.24) is 29.7 Å². The van der Waals surface area contributed by atoms with Gasteiger partial charge >= 0.3 is 0 Å². The number of nitrogen functional groups attached to an aromatic ring is 1. The summed E-state index contributed by atoms with van der Waals surface area (Å²) in [4.78, 5) is 28.3. The number of Topliss-reactive ketones (excluding diaryl/α,β-unsaturated/α-hetero) is 1. The number of anilines is 1. The van der Waals surface area contributed by atoms with E-state index in [2.05, 4.69) is 15.5 Å². The van der Waals surface area contributed by atoms with Crippen LogP contribution in [0.5, 0.6) is 0 Å². The molecule has 30 heavy (non-hydrogen) atoms. The van der Waals surface area contributed by atoms with Crippen LogP contribution in [0.25, 0.3) is 16.8 Å². The number of nitrogens with two attached hydrogens (primary N) is 1. The lowest BCUT2D eigenvalue weighted by atomic mass is 9.80. The summed E-state index contributed by atoms with van der Waals surface area (Å²) in [6.07, 6.45) is 9.23. The molecule has 0 saturated heterocycles. The minimum atomic E-state index is -0.00444. The number of hydrogen-bond donors (Lipinski definition) is 2. The van der Waals surface area contributed by atoms with Gasteiger partial charge in [0.25, 0.3) is 0 Å². The standard InChI is InChI=1S/C21H27N7O2/c1-13(29)7-8-23-21(30)15-5-3-14(4-6-15)18-9-19(22)28-20(26-18)17(11-25-28)16-10-24-27(2)12-16/h9-12,14-15H,3-8,22H2,1-2H3,(H,23,30). The number of fused-ring (bicyclic) bond motifs is 1. The van der Waals surface area contributed by atoms with Gasteiger partial charge in [-0.2, -0.15) is 14.7 Å². The molecule has 0 radical (unpaired) electrons. The van der Waals surface area contributed by atoms with Crippen LogP contribution in [0.4, 0.5) is 5.82 Å². The molecule has 0 atom stereocenters. The number of amides is 1. The molecule has 9 heteroatoms. The Balaban J connectivity index is 1.48. The van der Waals surface area contributed by atoms with Crippen molar-refractivity contribution in [3.05, 3.63) is 30.4 Å². The molecule has 3 heterocycles. The predicted octanol–water partition coefficient (Wildman–Crippen LogP) is 2.08. The fourth-order valence-electron chi connectivity index (χ4n) is 4.14. The van der Waals surface area contributed by atoms with Gasteiger partial charge in [0.2, 0.25) is 5.91 Å². The lowest BCUT2D eigenvalue weighted by Crippen LogP contribution is -2.34. The molecule has 1 fully saturated rings. The highest BCUT2D eigenvalue weighted by atomic mass is 16.2. The number of hydrogen-bond acceptors (Lipinski definition) is 6. The van der Waals surface area contributed by atoms with E-state index in [-0.39, 0.29) is 23.5 Å². The smallest absolute Gasteiger partial charge is 0.223 e. The van der Waals surface area contributed by atoms with Gasteiger partial charge in [-0.3, -0.25) is 14.3 Å². The molecule has 3 aromatic heterocycles. The Morgan fingerprint density at radius 1 is 1.20 bits per heavy atom. The van der Waals surface area contributed by atoms with Gasteiger partial charge in [-0.25, -0.2) is 4.98 Å². The maximum absolute atomic E-state index is 12.3. The Morgan fingerprint density at radius 3 is 2.63 bits per heavy atom. The monoisotopic (exact) mass is 409 g/mol. The van der Waals surface area contributed by atoms with Crippen LogP contribution in [-0.4, -0.2) is 42.6 Å². The molecule has 4 rings (SSSR count). The number of carbonyl (C=O) groups excluding carboxylic acids is 2. The van der Waals surface area contributed by atoms with Gasteiger partial charge in [0, 0.05) is 60.9 Å². The first kappa shape index (κ1) is 20.1. The summed E-state index contributed by atoms with van der Waals surface area (Å²) in [5, 5.41) is 11.5. The topological polar surface area (TPSA) is 120 Å². The highest BCUT2D eigenvalue weighted by Gasteiger charge is 2.28. The number of nitrogens with one attached hydrogen (secondary N) is 1. The Kier molecular flexibility index (Phi) is 5.52. The van der Waals surface area contributed by atoms with E-state index in [0.29, 0.717) is 18.8 Å². The first-order valence-corrected chi connectivity index (χ1v) is 10.3. The van der Waals surface area contributed by atoms with Crippen molar-refractivity contribution in [1.29, 1.82) is 0 Å². The predicted molar refractivity (Wildman–Crippen MR) is 113 cm³/mol. The first-order valence-electron chi connectivity index (χ1n) is 10.3. The molecule has 1 saturated carbocycles. The van der Waals surface area contributed by atoms with E-state index < -0.39 is 0 Å². The summed E-state index contributed by atoms with van der Waals surface area (Å²) in [7, 11) is 1.87. The van der Waals surface area contributed by atoms with Crippen LogP contribution in [-0.2, 0) is 16.6 Å². The van der Waals surface area contributed by atoms with Crippen LogP contribution in [0.3, 0.4) is 0 Å². The van der Waals surface area contributed by atoms with Crippen LogP contribution in [0.1, 0.15) is 50.6 Å². The van der Waals surface area contributed by atoms with Crippen molar-refractivity contribution >= 4 is 23.2 Å². The van der Waals surface area contributed by atoms with Crippen LogP contribution in [0.15, 0.2) is 24.7 Å². The zero-order valence-corrected chi connectivity index (χ0v) is 17.3. The lowest BCUT2D eigenvalue weighted by Gasteiger charge is -2.27. The first-order chi connectivity index (χ1) is 14.4. The second-order valence-corrected chi connectivity index (χ2v) is 8.09. The van der Waals surface area contributed by atoms with Crippen LogP contribution in [0.2, 0.25) is 0 Å². The highest BCUT2D eigenvalue weighted by Crippen LogP contribution is 2.36. The van der Waals surface area contributed by atoms with E-state index in [0.717, 1.165) is 48.2 Å². The van der Waals surface area contributed by atoms with Gasteiger partial charge in [0.05, 0.1) is 12.4 Å². The molecule has 1 amide bonds. The SMILES string of the molecule is CC(=O)CCNC(=O)C1CCC(c2cc(N)n3ncc(-c4cnn(C)c4)c3n2)CC1. The molecular weight excluding hydrogens is 382 g/mol. The lowest BCUT2D eigenvalue weighted by molar-refractivity contribution is -0.126. The number of ketones is 1. The highest BCUT2D eigenvalue weighted by molar-refractivity contribution is 5.80. The molecule has 0 bridgehead atoms. The second-order valence-electron chi connectivity index (χ2n) is 8.09. The Hall–Kier alpha value is -3.23. The maximum atomic E-state index is 12.3. The number of rotatable bonds is 6. The van der Waals surface area contributed by atoms with Gasteiger partial charge in [-0.15, -0.1) is 0 Å². The number of aromatic nitrogens is 5. The van der Waals surface area contributed by atoms with Crippen molar-refractivity contribution in [3.8, 4) is 11.1 Å². The maximum Gasteiger partial charge on any atom is 0.223 e. The van der Waals surface area contributed by atoms with Crippen molar-refractivity contribution in [2.75, 3.05) is 12.3 Å². The van der Waals surface area contributed by atoms with E-state index in [1.165, 1.54) is 6.92 Å². The molecule has 0 spiro atoms. The molecular formula is C21H27N7O2. The molecule has 1 aliphatic carbocycles. The Bertz CT molecular complexity index is 1080. The minimum absolute atomic E-state index is 0.00444. The third kappa shape index (κ3) is 4.05. The van der Waals surface area contributed by atoms with Crippen molar-refractivity contribution < 1.29 is 9.59 Å². The number of aryl methyl sites for hydroxylation is 1. The van der Waals surface area contributed by atoms with Gasteiger partial charge in [0.15, 0.2) is 5.65 Å². The van der Waals surface area contributed by atoms with Crippen LogP contribution < -0.4 is 11.1 Å². The van der Waals surface area contributed by atoms with E-state index >= 15 is 0 Å². The summed E-state index contributed by atoms with van der Waals surface area (Å²) in [5.74, 6) is 0.940. The van der Waals surface area contributed by atoms with E-state index in [4.69, 9.17) is 10.7 Å². The minimum Gasteiger partial charge on any atom is -0.384 e. The quantitative estimate of drug-likeness (QED) is 0.643. The largest absolute Gasteiger partial charge is 0.384 e. The molecule has 0 unspecified atom stereocenters. The normalized spacial score (nSPS) is 19.1. The van der Waals surface area contributed by atoms with E-state index in [1.807, 2.05) is 19.3 Å². The van der Waals surface area contributed by atoms with Crippen molar-refractivity contribution in [2.24, 2.45) is 13.0 Å². The van der Waals surface area contributed by atoms with Gasteiger partial charge in [-0.1, -0.05) is 0 Å². The average molecular weight is 409 g/mol. The van der Waals surface area contributed by atoms with E-state index in [9.17, 15) is 9.59 Å². The summed E-state index contributed by atoms with van der Waals surface area (Å²) in [6, 6.07) is 1.89. The molecule has 3 aromatic rings. The fourth-order valence-corrected chi connectivity index (χ4v) is 4.14.